The number of fused-ring (bicyclic) bond motifs is 1. The molecule has 1 aliphatic carbocycles. The number of hydrogen-bond acceptors (Lipinski definition) is 5. The molecule has 7 nitrogen and oxygen atoms in total. The summed E-state index contributed by atoms with van der Waals surface area (Å²) in [5, 5.41) is 5.79. The van der Waals surface area contributed by atoms with Gasteiger partial charge in [0.2, 0.25) is 0 Å². The summed E-state index contributed by atoms with van der Waals surface area (Å²) >= 11 is 6.32. The number of benzene rings is 1. The van der Waals surface area contributed by atoms with Crippen molar-refractivity contribution in [1.29, 1.82) is 0 Å². The SMILES string of the molecule is Cc1ccc(CNC(=O)c2cn(CCCN3CCN(CCN(C(C)C)C(C)C)CC3)c3c2=CC=CCC=3OC(C)C)cc1Cl. The summed E-state index contributed by atoms with van der Waals surface area (Å²) in [5.74, 6) is 0.839. The second-order valence-corrected chi connectivity index (χ2v) is 13.5. The van der Waals surface area contributed by atoms with Gasteiger partial charge < -0.3 is 19.5 Å². The molecule has 0 saturated carbocycles. The van der Waals surface area contributed by atoms with Gasteiger partial charge in [0.1, 0.15) is 5.76 Å². The quantitative estimate of drug-likeness (QED) is 0.328. The van der Waals surface area contributed by atoms with Crippen molar-refractivity contribution in [2.75, 3.05) is 45.8 Å². The molecule has 1 saturated heterocycles. The van der Waals surface area contributed by atoms with E-state index in [1.807, 2.05) is 37.4 Å². The van der Waals surface area contributed by atoms with Crippen LogP contribution in [-0.4, -0.2) is 89.2 Å². The maximum Gasteiger partial charge on any atom is 0.253 e. The van der Waals surface area contributed by atoms with Crippen molar-refractivity contribution >= 4 is 29.3 Å². The van der Waals surface area contributed by atoms with E-state index in [0.717, 1.165) is 86.2 Å². The number of aromatic nitrogens is 1. The Bertz CT molecular complexity index is 1390. The van der Waals surface area contributed by atoms with Gasteiger partial charge in [-0.1, -0.05) is 42.0 Å². The molecular weight excluding hydrogens is 570 g/mol. The Morgan fingerprint density at radius 1 is 1.00 bits per heavy atom. The molecule has 1 aromatic heterocycles. The van der Waals surface area contributed by atoms with Gasteiger partial charge in [0.15, 0.2) is 0 Å². The van der Waals surface area contributed by atoms with Gasteiger partial charge in [0, 0.05) is 87.3 Å². The summed E-state index contributed by atoms with van der Waals surface area (Å²) < 4.78 is 8.57. The molecule has 0 bridgehead atoms. The molecule has 2 heterocycles. The Balaban J connectivity index is 1.42. The number of allylic oxidation sites excluding steroid dienone is 1. The third-order valence-corrected chi connectivity index (χ3v) is 9.14. The summed E-state index contributed by atoms with van der Waals surface area (Å²) in [4.78, 5) is 21.3. The minimum atomic E-state index is -0.0863. The molecule has 242 valence electrons. The highest BCUT2D eigenvalue weighted by atomic mass is 35.5. The van der Waals surface area contributed by atoms with E-state index in [-0.39, 0.29) is 12.0 Å². The molecule has 0 unspecified atom stereocenters. The Labute approximate surface area is 270 Å². The number of carbonyl (C=O) groups excluding carboxylic acids is 1. The zero-order valence-electron chi connectivity index (χ0n) is 28.0. The van der Waals surface area contributed by atoms with Crippen molar-refractivity contribution in [3.63, 3.8) is 0 Å². The van der Waals surface area contributed by atoms with Crippen molar-refractivity contribution in [2.45, 2.75) is 92.6 Å². The topological polar surface area (TPSA) is 53.0 Å². The van der Waals surface area contributed by atoms with Crippen LogP contribution in [0.25, 0.3) is 11.8 Å². The van der Waals surface area contributed by atoms with Gasteiger partial charge in [0.25, 0.3) is 5.91 Å². The van der Waals surface area contributed by atoms with Crippen LogP contribution >= 0.6 is 11.6 Å². The van der Waals surface area contributed by atoms with Crippen LogP contribution in [0.3, 0.4) is 0 Å². The summed E-state index contributed by atoms with van der Waals surface area (Å²) in [6.07, 6.45) is 10.0. The lowest BCUT2D eigenvalue weighted by atomic mass is 10.1. The summed E-state index contributed by atoms with van der Waals surface area (Å²) in [5.41, 5.74) is 2.69. The number of ether oxygens (including phenoxy) is 1. The normalized spacial score (nSPS) is 16.1. The Hall–Kier alpha value is -2.58. The highest BCUT2D eigenvalue weighted by Crippen LogP contribution is 2.17. The first-order chi connectivity index (χ1) is 21.0. The largest absolute Gasteiger partial charge is 0.493 e. The molecule has 4 rings (SSSR count). The molecular formula is C36H54ClN5O2. The van der Waals surface area contributed by atoms with Gasteiger partial charge in [-0.25, -0.2) is 0 Å². The highest BCUT2D eigenvalue weighted by molar-refractivity contribution is 6.31. The van der Waals surface area contributed by atoms with E-state index < -0.39 is 0 Å². The van der Waals surface area contributed by atoms with Crippen molar-refractivity contribution in [1.82, 2.24) is 24.6 Å². The van der Waals surface area contributed by atoms with E-state index in [2.05, 4.69) is 78.3 Å². The van der Waals surface area contributed by atoms with Crippen LogP contribution in [0.2, 0.25) is 5.02 Å². The molecule has 1 aliphatic heterocycles. The predicted molar refractivity (Wildman–Crippen MR) is 183 cm³/mol. The minimum Gasteiger partial charge on any atom is -0.493 e. The van der Waals surface area contributed by atoms with Crippen LogP contribution in [-0.2, 0) is 17.8 Å². The van der Waals surface area contributed by atoms with Crippen LogP contribution in [0.5, 0.6) is 0 Å². The Morgan fingerprint density at radius 2 is 1.68 bits per heavy atom. The molecule has 1 aromatic carbocycles. The predicted octanol–water partition coefficient (Wildman–Crippen LogP) is 4.78. The number of nitrogens with one attached hydrogen (secondary N) is 1. The van der Waals surface area contributed by atoms with Crippen LogP contribution in [0.15, 0.2) is 36.5 Å². The van der Waals surface area contributed by atoms with E-state index in [4.69, 9.17) is 16.3 Å². The fourth-order valence-corrected chi connectivity index (χ4v) is 6.53. The number of halogens is 1. The highest BCUT2D eigenvalue weighted by Gasteiger charge is 2.21. The summed E-state index contributed by atoms with van der Waals surface area (Å²) in [6, 6.07) is 7.08. The number of rotatable bonds is 14. The lowest BCUT2D eigenvalue weighted by molar-refractivity contribution is 0.0950. The fraction of sp³-hybridized carbons (Fsp3) is 0.583. The Morgan fingerprint density at radius 3 is 2.32 bits per heavy atom. The number of hydrogen-bond donors (Lipinski definition) is 1. The van der Waals surface area contributed by atoms with Gasteiger partial charge in [-0.15, -0.1) is 0 Å². The number of piperazine rings is 1. The second kappa shape index (κ2) is 16.1. The molecule has 1 N–H and O–H groups in total. The van der Waals surface area contributed by atoms with Crippen molar-refractivity contribution in [3.8, 4) is 0 Å². The van der Waals surface area contributed by atoms with Crippen LogP contribution < -0.4 is 15.9 Å². The Kier molecular flexibility index (Phi) is 12.6. The van der Waals surface area contributed by atoms with Crippen molar-refractivity contribution < 1.29 is 9.53 Å². The average Bonchev–Trinajstić information content (AvgIpc) is 3.21. The molecule has 8 heteroatoms. The van der Waals surface area contributed by atoms with Gasteiger partial charge >= 0.3 is 0 Å². The molecule has 0 radical (unpaired) electrons. The van der Waals surface area contributed by atoms with E-state index in [9.17, 15) is 4.79 Å². The number of carbonyl (C=O) groups is 1. The first kappa shape index (κ1) is 34.3. The van der Waals surface area contributed by atoms with E-state index in [1.165, 1.54) is 0 Å². The maximum atomic E-state index is 13.6. The molecule has 44 heavy (non-hydrogen) atoms. The first-order valence-electron chi connectivity index (χ1n) is 16.5. The molecule has 0 spiro atoms. The third kappa shape index (κ3) is 9.23. The molecule has 0 atom stereocenters. The second-order valence-electron chi connectivity index (χ2n) is 13.1. The van der Waals surface area contributed by atoms with E-state index in [1.54, 1.807) is 0 Å². The lowest BCUT2D eigenvalue weighted by Crippen LogP contribution is -2.50. The minimum absolute atomic E-state index is 0.0562. The van der Waals surface area contributed by atoms with Gasteiger partial charge in [-0.2, -0.15) is 0 Å². The van der Waals surface area contributed by atoms with Crippen molar-refractivity contribution in [2.24, 2.45) is 0 Å². The lowest BCUT2D eigenvalue weighted by Gasteiger charge is -2.37. The molecule has 1 fully saturated rings. The maximum absolute atomic E-state index is 13.6. The fourth-order valence-electron chi connectivity index (χ4n) is 6.33. The smallest absolute Gasteiger partial charge is 0.253 e. The zero-order valence-corrected chi connectivity index (χ0v) is 28.8. The van der Waals surface area contributed by atoms with E-state index in [0.29, 0.717) is 35.6 Å². The van der Waals surface area contributed by atoms with Gasteiger partial charge in [-0.3, -0.25) is 14.6 Å². The molecule has 2 aromatic rings. The molecule has 1 amide bonds. The standard InChI is InChI=1S/C36H54ClN5O2/c1-26(2)42(27(3)4)22-21-40-19-17-39(18-20-40)15-10-16-41-25-32(31-11-8-9-12-34(35(31)41)44-28(5)6)36(43)38-24-30-14-13-29(7)33(37)23-30/h8-9,11,13-14,23,25-28H,10,12,15-22,24H2,1-7H3,(H,38,43). The van der Waals surface area contributed by atoms with E-state index >= 15 is 0 Å². The summed E-state index contributed by atoms with van der Waals surface area (Å²) in [6.45, 7) is 24.3. The van der Waals surface area contributed by atoms with Crippen molar-refractivity contribution in [3.05, 3.63) is 68.8 Å². The first-order valence-corrected chi connectivity index (χ1v) is 16.9. The number of amides is 1. The van der Waals surface area contributed by atoms with Crippen LogP contribution in [0, 0.1) is 6.92 Å². The average molecular weight is 624 g/mol. The number of aryl methyl sites for hydroxylation is 2. The summed E-state index contributed by atoms with van der Waals surface area (Å²) in [7, 11) is 0. The third-order valence-electron chi connectivity index (χ3n) is 8.73. The monoisotopic (exact) mass is 623 g/mol. The number of nitrogens with zero attached hydrogens (tertiary/aromatic N) is 4. The van der Waals surface area contributed by atoms with Gasteiger partial charge in [-0.05, 0) is 78.6 Å². The molecule has 2 aliphatic rings. The van der Waals surface area contributed by atoms with Gasteiger partial charge in [0.05, 0.1) is 17.0 Å². The van der Waals surface area contributed by atoms with Crippen LogP contribution in [0.4, 0.5) is 0 Å². The zero-order chi connectivity index (χ0) is 31.8. The van der Waals surface area contributed by atoms with Crippen LogP contribution in [0.1, 0.15) is 75.9 Å².